The van der Waals surface area contributed by atoms with Gasteiger partial charge in [-0.15, -0.1) is 23.2 Å². The molecule has 2 heterocycles. The number of rotatable bonds is 2. The molecule has 1 radical (unpaired) electrons. The summed E-state index contributed by atoms with van der Waals surface area (Å²) in [5.41, 5.74) is 12.2. The molecule has 2 aromatic carbocycles. The van der Waals surface area contributed by atoms with Crippen LogP contribution in [0.25, 0.3) is 16.6 Å². The zero-order valence-corrected chi connectivity index (χ0v) is 16.9. The van der Waals surface area contributed by atoms with Crippen molar-refractivity contribution >= 4 is 5.69 Å². The summed E-state index contributed by atoms with van der Waals surface area (Å²) in [5, 5.41) is 1.94. The van der Waals surface area contributed by atoms with Crippen LogP contribution in [-0.2, 0) is 30.3 Å². The molecule has 0 aromatic heterocycles. The number of benzene rings is 2. The molecular weight excluding hydrogens is 488 g/mol. The van der Waals surface area contributed by atoms with E-state index in [9.17, 15) is 0 Å². The second-order valence-electron chi connectivity index (χ2n) is 7.44. The summed E-state index contributed by atoms with van der Waals surface area (Å²) in [5.74, 6) is 0. The van der Waals surface area contributed by atoms with Gasteiger partial charge < -0.3 is 15.2 Å². The molecule has 1 aliphatic carbocycles. The Morgan fingerprint density at radius 3 is 2.64 bits per heavy atom. The predicted octanol–water partition coefficient (Wildman–Crippen LogP) is 4.87. The summed E-state index contributed by atoms with van der Waals surface area (Å²) in [6.07, 6.45) is 4.43. The van der Waals surface area contributed by atoms with E-state index in [4.69, 9.17) is 4.74 Å². The number of nitrogens with zero attached hydrogens (tertiary/aromatic N) is 2. The summed E-state index contributed by atoms with van der Waals surface area (Å²) in [6.45, 7) is 7.55. The molecule has 2 atom stereocenters. The van der Waals surface area contributed by atoms with Crippen LogP contribution in [0.4, 0.5) is 5.69 Å². The van der Waals surface area contributed by atoms with Crippen molar-refractivity contribution in [2.75, 3.05) is 11.6 Å². The minimum atomic E-state index is -0.0194. The molecule has 3 nitrogen and oxygen atoms in total. The van der Waals surface area contributed by atoms with E-state index in [1.54, 1.807) is 0 Å². The van der Waals surface area contributed by atoms with Crippen LogP contribution in [0, 0.1) is 6.07 Å². The molecule has 1 saturated heterocycles. The zero-order valence-electron chi connectivity index (χ0n) is 14.5. The van der Waals surface area contributed by atoms with Crippen molar-refractivity contribution in [1.82, 2.24) is 0 Å². The second-order valence-corrected chi connectivity index (χ2v) is 7.44. The molecule has 0 spiro atoms. The van der Waals surface area contributed by atoms with Crippen LogP contribution in [0.2, 0.25) is 0 Å². The summed E-state index contributed by atoms with van der Waals surface area (Å²) in [4.78, 5) is 0. The molecule has 1 fully saturated rings. The number of epoxide rings is 1. The van der Waals surface area contributed by atoms with Gasteiger partial charge in [-0.25, -0.2) is 0 Å². The van der Waals surface area contributed by atoms with Crippen molar-refractivity contribution in [3.63, 3.8) is 0 Å². The molecule has 25 heavy (non-hydrogen) atoms. The molecule has 0 amide bonds. The largest absolute Gasteiger partial charge is 0.559 e. The van der Waals surface area contributed by atoms with E-state index in [2.05, 4.69) is 68.7 Å². The Balaban J connectivity index is 0.00000157. The van der Waals surface area contributed by atoms with E-state index in [1.165, 1.54) is 27.8 Å². The van der Waals surface area contributed by atoms with Crippen molar-refractivity contribution in [2.45, 2.75) is 38.3 Å². The van der Waals surface area contributed by atoms with Gasteiger partial charge in [-0.2, -0.15) is 12.1 Å². The van der Waals surface area contributed by atoms with Gasteiger partial charge in [0.15, 0.2) is 0 Å². The second kappa shape index (κ2) is 5.78. The Labute approximate surface area is 162 Å². The predicted molar refractivity (Wildman–Crippen MR) is 96.0 cm³/mol. The maximum atomic E-state index is 5.46. The molecule has 0 N–H and O–H groups in total. The van der Waals surface area contributed by atoms with E-state index in [-0.39, 0.29) is 31.6 Å². The Morgan fingerprint density at radius 1 is 1.20 bits per heavy atom. The maximum absolute atomic E-state index is 5.46. The van der Waals surface area contributed by atoms with E-state index in [1.807, 2.05) is 11.2 Å². The summed E-state index contributed by atoms with van der Waals surface area (Å²) in [6, 6.07) is 14.8. The third kappa shape index (κ3) is 2.60. The van der Waals surface area contributed by atoms with Crippen LogP contribution in [0.5, 0.6) is 0 Å². The van der Waals surface area contributed by atoms with Crippen molar-refractivity contribution in [2.24, 2.45) is 0 Å². The van der Waals surface area contributed by atoms with Crippen LogP contribution in [0.3, 0.4) is 0 Å². The fourth-order valence-electron chi connectivity index (χ4n) is 3.87. The fraction of sp³-hybridized carbons (Fsp3) is 0.333. The number of anilines is 1. The summed E-state index contributed by atoms with van der Waals surface area (Å²) >= 11 is 0. The first-order chi connectivity index (χ1) is 11.5. The van der Waals surface area contributed by atoms with E-state index >= 15 is 0 Å². The zero-order chi connectivity index (χ0) is 16.5. The van der Waals surface area contributed by atoms with Crippen molar-refractivity contribution in [3.8, 4) is 11.1 Å². The van der Waals surface area contributed by atoms with Crippen molar-refractivity contribution in [3.05, 3.63) is 70.8 Å². The molecule has 2 unspecified atom stereocenters. The number of hydrogen-bond donors (Lipinski definition) is 0. The molecular formula is C21H20IrN2O-2. The third-order valence-electron chi connectivity index (χ3n) is 5.38. The topological polar surface area (TPSA) is 29.9 Å². The van der Waals surface area contributed by atoms with Gasteiger partial charge in [0.25, 0.3) is 0 Å². The van der Waals surface area contributed by atoms with Crippen LogP contribution >= 0.6 is 0 Å². The quantitative estimate of drug-likeness (QED) is 0.428. The van der Waals surface area contributed by atoms with Crippen LogP contribution in [-0.4, -0.2) is 12.6 Å². The molecule has 2 aliphatic heterocycles. The molecule has 131 valence electrons. The van der Waals surface area contributed by atoms with Gasteiger partial charge in [-0.1, -0.05) is 56.3 Å². The first kappa shape index (κ1) is 17.0. The Kier molecular flexibility index (Phi) is 3.93. The average molecular weight is 509 g/mol. The number of hydrogen-bond acceptors (Lipinski definition) is 2. The van der Waals surface area contributed by atoms with Crippen LogP contribution in [0.1, 0.15) is 43.6 Å². The van der Waals surface area contributed by atoms with Gasteiger partial charge in [-0.05, 0) is 22.7 Å². The number of fused-ring (bicyclic) bond motifs is 3. The molecule has 0 saturated carbocycles. The third-order valence-corrected chi connectivity index (χ3v) is 5.38. The SMILES string of the molecule is CC1C=CN(c2[c-]cc3c(c2)C(C)(C)c2cc(C4CO4)ccc2-3)[N-]1.[Ir]. The minimum absolute atomic E-state index is 0. The molecule has 3 aliphatic rings. The summed E-state index contributed by atoms with van der Waals surface area (Å²) in [7, 11) is 0. The van der Waals surface area contributed by atoms with Crippen LogP contribution in [0.15, 0.2) is 42.6 Å². The molecule has 0 bridgehead atoms. The van der Waals surface area contributed by atoms with Gasteiger partial charge in [0.1, 0.15) is 6.10 Å². The standard InChI is InChI=1S/C21H20N2O.Ir/c1-13-8-9-23(22-13)15-5-7-17-16-6-4-14(20-12-24-20)10-18(16)21(2,3)19(17)11-15;/h4,6-11,13,20H,12H2,1-3H3;/q-2;. The van der Waals surface area contributed by atoms with Crippen molar-refractivity contribution in [1.29, 1.82) is 0 Å². The average Bonchev–Trinajstić information content (AvgIpc) is 3.30. The van der Waals surface area contributed by atoms with Gasteiger partial charge in [0, 0.05) is 20.1 Å². The Hall–Kier alpha value is -1.45. The maximum Gasteiger partial charge on any atom is 0.106 e. The monoisotopic (exact) mass is 509 g/mol. The Bertz CT molecular complexity index is 870. The molecule has 2 aromatic rings. The van der Waals surface area contributed by atoms with Gasteiger partial charge in [0.2, 0.25) is 0 Å². The van der Waals surface area contributed by atoms with Crippen molar-refractivity contribution < 1.29 is 24.8 Å². The van der Waals surface area contributed by atoms with Gasteiger partial charge in [-0.3, -0.25) is 0 Å². The number of ether oxygens (including phenoxy) is 1. The van der Waals surface area contributed by atoms with E-state index in [0.717, 1.165) is 12.3 Å². The van der Waals surface area contributed by atoms with Crippen LogP contribution < -0.4 is 5.01 Å². The fourth-order valence-corrected chi connectivity index (χ4v) is 3.87. The van der Waals surface area contributed by atoms with E-state index in [0.29, 0.717) is 6.10 Å². The minimum Gasteiger partial charge on any atom is -0.559 e. The van der Waals surface area contributed by atoms with Gasteiger partial charge >= 0.3 is 0 Å². The smallest absolute Gasteiger partial charge is 0.106 e. The first-order valence-electron chi connectivity index (χ1n) is 8.55. The molecule has 5 rings (SSSR count). The Morgan fingerprint density at radius 2 is 1.96 bits per heavy atom. The summed E-state index contributed by atoms with van der Waals surface area (Å²) < 4.78 is 5.46. The molecule has 4 heteroatoms. The normalized spacial score (nSPS) is 24.7. The van der Waals surface area contributed by atoms with E-state index < -0.39 is 0 Å². The van der Waals surface area contributed by atoms with Gasteiger partial charge in [0.05, 0.1) is 6.61 Å². The first-order valence-corrected chi connectivity index (χ1v) is 8.55.